The molecule has 0 aliphatic carbocycles. The summed E-state index contributed by atoms with van der Waals surface area (Å²) in [5.74, 6) is 1.71. The lowest BCUT2D eigenvalue weighted by Crippen LogP contribution is -2.44. The maximum absolute atomic E-state index is 5.77. The molecule has 1 saturated heterocycles. The van der Waals surface area contributed by atoms with E-state index in [0.29, 0.717) is 6.04 Å². The van der Waals surface area contributed by atoms with Crippen LogP contribution >= 0.6 is 0 Å². The van der Waals surface area contributed by atoms with Crippen LogP contribution in [0, 0.1) is 11.8 Å². The van der Waals surface area contributed by atoms with Crippen LogP contribution in [-0.2, 0) is 0 Å². The number of nitrogens with two attached hydrogens (primary N) is 1. The normalized spacial score (nSPS) is 35.0. The Labute approximate surface area is 76.1 Å². The SMILES string of the molecule is C[C@@H]1C[C@H](C)CN(C[C@H](C)N)C1. The Balaban J connectivity index is 2.34. The van der Waals surface area contributed by atoms with Crippen molar-refractivity contribution in [1.82, 2.24) is 4.90 Å². The molecule has 12 heavy (non-hydrogen) atoms. The zero-order chi connectivity index (χ0) is 9.14. The summed E-state index contributed by atoms with van der Waals surface area (Å²) in [5.41, 5.74) is 5.77. The molecule has 0 aromatic rings. The summed E-state index contributed by atoms with van der Waals surface area (Å²) < 4.78 is 0. The van der Waals surface area contributed by atoms with Gasteiger partial charge in [-0.2, -0.15) is 0 Å². The second-order valence-corrected chi connectivity index (χ2v) is 4.64. The highest BCUT2D eigenvalue weighted by Gasteiger charge is 2.21. The summed E-state index contributed by atoms with van der Waals surface area (Å²) in [7, 11) is 0. The largest absolute Gasteiger partial charge is 0.327 e. The first-order chi connectivity index (χ1) is 5.58. The van der Waals surface area contributed by atoms with Gasteiger partial charge in [0.05, 0.1) is 0 Å². The molecule has 0 aromatic heterocycles. The van der Waals surface area contributed by atoms with Crippen LogP contribution in [-0.4, -0.2) is 30.6 Å². The van der Waals surface area contributed by atoms with Gasteiger partial charge >= 0.3 is 0 Å². The fourth-order valence-electron chi connectivity index (χ4n) is 2.35. The smallest absolute Gasteiger partial charge is 0.0139 e. The van der Waals surface area contributed by atoms with Crippen molar-refractivity contribution in [3.8, 4) is 0 Å². The van der Waals surface area contributed by atoms with Gasteiger partial charge in [0.25, 0.3) is 0 Å². The molecule has 0 unspecified atom stereocenters. The van der Waals surface area contributed by atoms with E-state index in [2.05, 4.69) is 25.7 Å². The summed E-state index contributed by atoms with van der Waals surface area (Å²) in [6.07, 6.45) is 1.38. The van der Waals surface area contributed by atoms with E-state index in [1.807, 2.05) is 0 Å². The maximum Gasteiger partial charge on any atom is 0.0139 e. The van der Waals surface area contributed by atoms with Crippen molar-refractivity contribution in [2.24, 2.45) is 17.6 Å². The molecule has 72 valence electrons. The Kier molecular flexibility index (Phi) is 3.53. The zero-order valence-electron chi connectivity index (χ0n) is 8.59. The van der Waals surface area contributed by atoms with Crippen molar-refractivity contribution in [2.75, 3.05) is 19.6 Å². The van der Waals surface area contributed by atoms with Gasteiger partial charge in [-0.25, -0.2) is 0 Å². The molecule has 2 N–H and O–H groups in total. The topological polar surface area (TPSA) is 29.3 Å². The molecule has 0 spiro atoms. The molecule has 2 heteroatoms. The second kappa shape index (κ2) is 4.24. The number of nitrogens with zero attached hydrogens (tertiary/aromatic N) is 1. The van der Waals surface area contributed by atoms with Crippen LogP contribution in [0.25, 0.3) is 0 Å². The van der Waals surface area contributed by atoms with Crippen LogP contribution in [0.2, 0.25) is 0 Å². The van der Waals surface area contributed by atoms with E-state index in [-0.39, 0.29) is 0 Å². The molecule has 3 atom stereocenters. The van der Waals surface area contributed by atoms with E-state index in [1.54, 1.807) is 0 Å². The summed E-state index contributed by atoms with van der Waals surface area (Å²) in [4.78, 5) is 2.50. The zero-order valence-corrected chi connectivity index (χ0v) is 8.59. The molecule has 1 aliphatic heterocycles. The summed E-state index contributed by atoms with van der Waals surface area (Å²) in [5, 5.41) is 0. The Bertz CT molecular complexity index is 121. The van der Waals surface area contributed by atoms with Crippen molar-refractivity contribution in [2.45, 2.75) is 33.2 Å². The fourth-order valence-corrected chi connectivity index (χ4v) is 2.35. The van der Waals surface area contributed by atoms with E-state index < -0.39 is 0 Å². The van der Waals surface area contributed by atoms with Crippen molar-refractivity contribution < 1.29 is 0 Å². The fraction of sp³-hybridized carbons (Fsp3) is 1.00. The average molecular weight is 170 g/mol. The molecular formula is C10H22N2. The minimum atomic E-state index is 0.322. The summed E-state index contributed by atoms with van der Waals surface area (Å²) >= 11 is 0. The van der Waals surface area contributed by atoms with Gasteiger partial charge < -0.3 is 10.6 Å². The Morgan fingerprint density at radius 1 is 1.33 bits per heavy atom. The molecule has 1 heterocycles. The third kappa shape index (κ3) is 3.11. The van der Waals surface area contributed by atoms with E-state index in [0.717, 1.165) is 18.4 Å². The van der Waals surface area contributed by atoms with Crippen LogP contribution in [0.3, 0.4) is 0 Å². The minimum Gasteiger partial charge on any atom is -0.327 e. The molecule has 0 bridgehead atoms. The first-order valence-corrected chi connectivity index (χ1v) is 5.06. The van der Waals surface area contributed by atoms with Crippen LogP contribution in [0.1, 0.15) is 27.2 Å². The van der Waals surface area contributed by atoms with E-state index in [1.165, 1.54) is 19.5 Å². The summed E-state index contributed by atoms with van der Waals surface area (Å²) in [6.45, 7) is 10.3. The van der Waals surface area contributed by atoms with Crippen LogP contribution in [0.4, 0.5) is 0 Å². The predicted octanol–water partition coefficient (Wildman–Crippen LogP) is 1.31. The van der Waals surface area contributed by atoms with Gasteiger partial charge in [-0.15, -0.1) is 0 Å². The number of hydrogen-bond acceptors (Lipinski definition) is 2. The summed E-state index contributed by atoms with van der Waals surface area (Å²) in [6, 6.07) is 0.322. The van der Waals surface area contributed by atoms with Crippen molar-refractivity contribution in [3.05, 3.63) is 0 Å². The van der Waals surface area contributed by atoms with E-state index in [9.17, 15) is 0 Å². The maximum atomic E-state index is 5.77. The molecule has 1 aliphatic rings. The van der Waals surface area contributed by atoms with Crippen molar-refractivity contribution in [1.29, 1.82) is 0 Å². The first-order valence-electron chi connectivity index (χ1n) is 5.06. The first kappa shape index (κ1) is 10.0. The highest BCUT2D eigenvalue weighted by Crippen LogP contribution is 2.20. The number of rotatable bonds is 2. The number of hydrogen-bond donors (Lipinski definition) is 1. The lowest BCUT2D eigenvalue weighted by atomic mass is 9.92. The number of piperidine rings is 1. The Hall–Kier alpha value is -0.0800. The Morgan fingerprint density at radius 3 is 2.25 bits per heavy atom. The van der Waals surface area contributed by atoms with E-state index >= 15 is 0 Å². The number of likely N-dealkylation sites (tertiary alicyclic amines) is 1. The molecule has 1 rings (SSSR count). The van der Waals surface area contributed by atoms with Crippen LogP contribution in [0.15, 0.2) is 0 Å². The molecule has 0 saturated carbocycles. The molecule has 0 radical (unpaired) electrons. The van der Waals surface area contributed by atoms with Gasteiger partial charge in [0, 0.05) is 25.7 Å². The van der Waals surface area contributed by atoms with Gasteiger partial charge in [-0.1, -0.05) is 13.8 Å². The second-order valence-electron chi connectivity index (χ2n) is 4.64. The molecule has 0 amide bonds. The molecular weight excluding hydrogens is 148 g/mol. The van der Waals surface area contributed by atoms with Gasteiger partial charge in [0.15, 0.2) is 0 Å². The highest BCUT2D eigenvalue weighted by molar-refractivity contribution is 4.76. The van der Waals surface area contributed by atoms with Crippen LogP contribution in [0.5, 0.6) is 0 Å². The standard InChI is InChI=1S/C10H22N2/c1-8-4-9(2)6-12(5-8)7-10(3)11/h8-10H,4-7,11H2,1-3H3/t8-,9+,10-/m0/s1. The predicted molar refractivity (Wildman–Crippen MR) is 53.0 cm³/mol. The van der Waals surface area contributed by atoms with Gasteiger partial charge in [-0.3, -0.25) is 0 Å². The molecule has 1 fully saturated rings. The quantitative estimate of drug-likeness (QED) is 0.677. The third-order valence-corrected chi connectivity index (χ3v) is 2.49. The molecule has 2 nitrogen and oxygen atoms in total. The van der Waals surface area contributed by atoms with Gasteiger partial charge in [0.2, 0.25) is 0 Å². The van der Waals surface area contributed by atoms with Gasteiger partial charge in [-0.05, 0) is 25.2 Å². The highest BCUT2D eigenvalue weighted by atomic mass is 15.1. The third-order valence-electron chi connectivity index (χ3n) is 2.49. The minimum absolute atomic E-state index is 0.322. The lowest BCUT2D eigenvalue weighted by molar-refractivity contribution is 0.136. The van der Waals surface area contributed by atoms with E-state index in [4.69, 9.17) is 5.73 Å². The average Bonchev–Trinajstić information content (AvgIpc) is 1.81. The van der Waals surface area contributed by atoms with Gasteiger partial charge in [0.1, 0.15) is 0 Å². The van der Waals surface area contributed by atoms with Crippen LogP contribution < -0.4 is 5.73 Å². The van der Waals surface area contributed by atoms with Crippen molar-refractivity contribution >= 4 is 0 Å². The molecule has 0 aromatic carbocycles. The lowest BCUT2D eigenvalue weighted by Gasteiger charge is -2.35. The van der Waals surface area contributed by atoms with Crippen molar-refractivity contribution in [3.63, 3.8) is 0 Å². The monoisotopic (exact) mass is 170 g/mol. The Morgan fingerprint density at radius 2 is 1.83 bits per heavy atom.